The number of hydrogen-bond donors (Lipinski definition) is 1. The highest BCUT2D eigenvalue weighted by molar-refractivity contribution is 6.30. The minimum absolute atomic E-state index is 0.0420. The maximum absolute atomic E-state index is 12.1. The molecule has 1 heterocycles. The zero-order valence-electron chi connectivity index (χ0n) is 9.29. The van der Waals surface area contributed by atoms with Crippen LogP contribution >= 0.6 is 11.6 Å². The lowest BCUT2D eigenvalue weighted by molar-refractivity contribution is -0.274. The third-order valence-electron chi connectivity index (χ3n) is 2.26. The van der Waals surface area contributed by atoms with E-state index in [0.29, 0.717) is 11.1 Å². The van der Waals surface area contributed by atoms with Gasteiger partial charge in [-0.15, -0.1) is 13.2 Å². The van der Waals surface area contributed by atoms with Crippen LogP contribution in [0.2, 0.25) is 5.02 Å². The van der Waals surface area contributed by atoms with Gasteiger partial charge in [0.25, 0.3) is 5.56 Å². The molecule has 0 saturated carbocycles. The zero-order valence-corrected chi connectivity index (χ0v) is 10.0. The molecule has 7 heteroatoms. The maximum Gasteiger partial charge on any atom is 0.573 e. The summed E-state index contributed by atoms with van der Waals surface area (Å²) >= 11 is 5.65. The molecule has 0 aliphatic carbocycles. The number of H-pyrrole nitrogens is 1. The number of hydrogen-bond acceptors (Lipinski definition) is 2. The lowest BCUT2D eigenvalue weighted by Gasteiger charge is -2.10. The zero-order chi connectivity index (χ0) is 14.0. The second-order valence-corrected chi connectivity index (χ2v) is 4.05. The molecule has 0 amide bonds. The highest BCUT2D eigenvalue weighted by Crippen LogP contribution is 2.28. The van der Waals surface area contributed by atoms with Crippen LogP contribution in [0.3, 0.4) is 0 Å². The number of benzene rings is 1. The van der Waals surface area contributed by atoms with Crippen LogP contribution in [0.15, 0.2) is 41.3 Å². The van der Waals surface area contributed by atoms with E-state index in [-0.39, 0.29) is 10.8 Å². The molecule has 1 N–H and O–H groups in total. The molecule has 2 rings (SSSR count). The van der Waals surface area contributed by atoms with Gasteiger partial charge in [-0.05, 0) is 29.3 Å². The third kappa shape index (κ3) is 3.51. The summed E-state index contributed by atoms with van der Waals surface area (Å²) in [6.07, 6.45) is -3.39. The smallest absolute Gasteiger partial charge is 0.406 e. The van der Waals surface area contributed by atoms with Crippen LogP contribution < -0.4 is 10.3 Å². The second-order valence-electron chi connectivity index (χ2n) is 3.64. The highest BCUT2D eigenvalue weighted by atomic mass is 35.5. The average Bonchev–Trinajstić information content (AvgIpc) is 2.31. The Hall–Kier alpha value is -1.95. The third-order valence-corrected chi connectivity index (χ3v) is 2.54. The summed E-state index contributed by atoms with van der Waals surface area (Å²) in [4.78, 5) is 13.5. The molecule has 0 spiro atoms. The van der Waals surface area contributed by atoms with Crippen molar-refractivity contribution in [1.29, 1.82) is 0 Å². The molecule has 0 unspecified atom stereocenters. The number of halogens is 4. The first kappa shape index (κ1) is 13.5. The molecule has 0 saturated heterocycles. The predicted octanol–water partition coefficient (Wildman–Crippen LogP) is 3.59. The molecule has 0 aliphatic heterocycles. The maximum atomic E-state index is 12.1. The molecule has 0 radical (unpaired) electrons. The lowest BCUT2D eigenvalue weighted by Crippen LogP contribution is -2.17. The Kier molecular flexibility index (Phi) is 3.53. The second kappa shape index (κ2) is 4.97. The first-order chi connectivity index (χ1) is 8.85. The quantitative estimate of drug-likeness (QED) is 0.918. The van der Waals surface area contributed by atoms with Crippen molar-refractivity contribution in [1.82, 2.24) is 4.98 Å². The Balaban J connectivity index is 2.37. The van der Waals surface area contributed by atoms with Crippen molar-refractivity contribution in [2.45, 2.75) is 6.36 Å². The molecule has 100 valence electrons. The van der Waals surface area contributed by atoms with Crippen LogP contribution in [0, 0.1) is 0 Å². The van der Waals surface area contributed by atoms with Crippen molar-refractivity contribution in [2.75, 3.05) is 0 Å². The first-order valence-electron chi connectivity index (χ1n) is 5.09. The van der Waals surface area contributed by atoms with Gasteiger partial charge in [0, 0.05) is 6.20 Å². The summed E-state index contributed by atoms with van der Waals surface area (Å²) in [6, 6.07) is 6.75. The molecule has 19 heavy (non-hydrogen) atoms. The predicted molar refractivity (Wildman–Crippen MR) is 64.2 cm³/mol. The Labute approximate surface area is 110 Å². The van der Waals surface area contributed by atoms with Crippen molar-refractivity contribution in [3.8, 4) is 16.9 Å². The molecule has 0 bridgehead atoms. The van der Waals surface area contributed by atoms with E-state index in [9.17, 15) is 18.0 Å². The van der Waals surface area contributed by atoms with Crippen molar-refractivity contribution in [2.24, 2.45) is 0 Å². The summed E-state index contributed by atoms with van der Waals surface area (Å²) in [7, 11) is 0. The van der Waals surface area contributed by atoms with Crippen LogP contribution in [0.4, 0.5) is 13.2 Å². The van der Waals surface area contributed by atoms with Gasteiger partial charge in [-0.1, -0.05) is 23.7 Å². The molecule has 3 nitrogen and oxygen atoms in total. The molecule has 1 aromatic heterocycles. The van der Waals surface area contributed by atoms with Gasteiger partial charge in [-0.3, -0.25) is 4.79 Å². The number of aromatic amines is 1. The van der Waals surface area contributed by atoms with Crippen LogP contribution in [0.1, 0.15) is 0 Å². The summed E-state index contributed by atoms with van der Waals surface area (Å²) in [5.74, 6) is -0.340. The lowest BCUT2D eigenvalue weighted by atomic mass is 10.1. The van der Waals surface area contributed by atoms with Gasteiger partial charge in [-0.2, -0.15) is 0 Å². The SMILES string of the molecule is O=c1[nH]cc(-c2cccc(OC(F)(F)F)c2)cc1Cl. The van der Waals surface area contributed by atoms with E-state index in [4.69, 9.17) is 11.6 Å². The number of pyridine rings is 1. The fraction of sp³-hybridized carbons (Fsp3) is 0.0833. The van der Waals surface area contributed by atoms with E-state index in [1.807, 2.05) is 0 Å². The summed E-state index contributed by atoms with van der Waals surface area (Å²) in [5, 5.41) is -0.0420. The van der Waals surface area contributed by atoms with Crippen LogP contribution in [-0.4, -0.2) is 11.3 Å². The molecule has 0 atom stereocenters. The van der Waals surface area contributed by atoms with E-state index >= 15 is 0 Å². The van der Waals surface area contributed by atoms with Crippen molar-refractivity contribution in [3.05, 3.63) is 51.9 Å². The number of alkyl halides is 3. The molecular weight excluding hydrogens is 283 g/mol. The van der Waals surface area contributed by atoms with Crippen molar-refractivity contribution in [3.63, 3.8) is 0 Å². The van der Waals surface area contributed by atoms with E-state index in [1.54, 1.807) is 6.07 Å². The van der Waals surface area contributed by atoms with E-state index in [1.165, 1.54) is 30.5 Å². The van der Waals surface area contributed by atoms with E-state index < -0.39 is 11.9 Å². The van der Waals surface area contributed by atoms with Crippen LogP contribution in [0.5, 0.6) is 5.75 Å². The standard InChI is InChI=1S/C12H7ClF3NO2/c13-10-5-8(6-17-11(10)18)7-2-1-3-9(4-7)19-12(14,15)16/h1-6H,(H,17,18). The highest BCUT2D eigenvalue weighted by Gasteiger charge is 2.31. The monoisotopic (exact) mass is 289 g/mol. The minimum Gasteiger partial charge on any atom is -0.406 e. The molecule has 1 aromatic carbocycles. The van der Waals surface area contributed by atoms with Crippen molar-refractivity contribution >= 4 is 11.6 Å². The van der Waals surface area contributed by atoms with Crippen molar-refractivity contribution < 1.29 is 17.9 Å². The molecule has 2 aromatic rings. The Morgan fingerprint density at radius 2 is 1.89 bits per heavy atom. The van der Waals surface area contributed by atoms with Gasteiger partial charge in [0.2, 0.25) is 0 Å². The first-order valence-corrected chi connectivity index (χ1v) is 5.47. The number of rotatable bonds is 2. The van der Waals surface area contributed by atoms with Gasteiger partial charge in [0.05, 0.1) is 0 Å². The Morgan fingerprint density at radius 1 is 1.16 bits per heavy atom. The van der Waals surface area contributed by atoms with Crippen LogP contribution in [0.25, 0.3) is 11.1 Å². The number of nitrogens with one attached hydrogen (secondary N) is 1. The molecule has 0 fully saturated rings. The number of aromatic nitrogens is 1. The minimum atomic E-state index is -4.75. The summed E-state index contributed by atoms with van der Waals surface area (Å²) in [6.45, 7) is 0. The largest absolute Gasteiger partial charge is 0.573 e. The van der Waals surface area contributed by atoms with Gasteiger partial charge >= 0.3 is 6.36 Å². The van der Waals surface area contributed by atoms with E-state index in [2.05, 4.69) is 9.72 Å². The normalized spacial score (nSPS) is 11.4. The van der Waals surface area contributed by atoms with Gasteiger partial charge in [0.15, 0.2) is 0 Å². The van der Waals surface area contributed by atoms with Gasteiger partial charge < -0.3 is 9.72 Å². The molecular formula is C12H7ClF3NO2. The van der Waals surface area contributed by atoms with Gasteiger partial charge in [-0.25, -0.2) is 0 Å². The Morgan fingerprint density at radius 3 is 2.53 bits per heavy atom. The fourth-order valence-corrected chi connectivity index (χ4v) is 1.67. The molecule has 0 aliphatic rings. The van der Waals surface area contributed by atoms with Gasteiger partial charge in [0.1, 0.15) is 10.8 Å². The Bertz CT molecular complexity index is 652. The summed E-state index contributed by atoms with van der Waals surface area (Å²) < 4.78 is 40.1. The topological polar surface area (TPSA) is 42.1 Å². The fourth-order valence-electron chi connectivity index (χ4n) is 1.50. The van der Waals surface area contributed by atoms with E-state index in [0.717, 1.165) is 0 Å². The van der Waals surface area contributed by atoms with Crippen LogP contribution in [-0.2, 0) is 0 Å². The average molecular weight is 290 g/mol. The number of ether oxygens (including phenoxy) is 1. The summed E-state index contributed by atoms with van der Waals surface area (Å²) in [5.41, 5.74) is 0.463.